The van der Waals surface area contributed by atoms with Gasteiger partial charge >= 0.3 is 5.97 Å². The molecular formula is C41H39Cl2N7O5. The van der Waals surface area contributed by atoms with Gasteiger partial charge in [-0.25, -0.2) is 4.79 Å². The van der Waals surface area contributed by atoms with Gasteiger partial charge in [0.05, 0.1) is 40.6 Å². The van der Waals surface area contributed by atoms with Crippen LogP contribution in [0.15, 0.2) is 59.4 Å². The van der Waals surface area contributed by atoms with E-state index in [0.717, 1.165) is 60.9 Å². The van der Waals surface area contributed by atoms with Crippen molar-refractivity contribution in [2.75, 3.05) is 18.1 Å². The van der Waals surface area contributed by atoms with E-state index in [1.807, 2.05) is 81.9 Å². The van der Waals surface area contributed by atoms with Crippen LogP contribution in [0.4, 0.5) is 5.69 Å². The first kappa shape index (κ1) is 36.4. The summed E-state index contributed by atoms with van der Waals surface area (Å²) in [5, 5.41) is 21.8. The summed E-state index contributed by atoms with van der Waals surface area (Å²) in [7, 11) is 1.91. The zero-order valence-corrected chi connectivity index (χ0v) is 32.8. The number of ether oxygens (including phenoxy) is 1. The second-order valence-electron chi connectivity index (χ2n) is 14.3. The Morgan fingerprint density at radius 2 is 1.80 bits per heavy atom. The monoisotopic (exact) mass is 779 g/mol. The molecule has 0 spiro atoms. The Kier molecular flexibility index (Phi) is 9.21. The molecule has 8 rings (SSSR count). The lowest BCUT2D eigenvalue weighted by molar-refractivity contribution is 0.0686. The maximum atomic E-state index is 15.2. The molecule has 7 aromatic rings. The summed E-state index contributed by atoms with van der Waals surface area (Å²) in [6.45, 7) is 10.8. The molecule has 12 nitrogen and oxygen atoms in total. The number of carbonyl (C=O) groups excluding carboxylic acids is 1. The summed E-state index contributed by atoms with van der Waals surface area (Å²) in [6.07, 6.45) is 2.38. The quantitative estimate of drug-likeness (QED) is 0.136. The van der Waals surface area contributed by atoms with Gasteiger partial charge < -0.3 is 28.4 Å². The van der Waals surface area contributed by atoms with E-state index in [2.05, 4.69) is 21.6 Å². The number of nitrogens with zero attached hydrogens (tertiary/aromatic N) is 7. The van der Waals surface area contributed by atoms with Crippen LogP contribution in [-0.2, 0) is 20.0 Å². The number of fused-ring (bicyclic) bond motifs is 4. The molecule has 5 heterocycles. The minimum atomic E-state index is -1.11. The van der Waals surface area contributed by atoms with Gasteiger partial charge in [-0.2, -0.15) is 10.1 Å². The summed E-state index contributed by atoms with van der Waals surface area (Å²) in [5.74, 6) is -0.254. The van der Waals surface area contributed by atoms with Gasteiger partial charge in [0, 0.05) is 52.3 Å². The van der Waals surface area contributed by atoms with Crippen LogP contribution in [0.5, 0.6) is 5.75 Å². The number of aromatic carboxylic acids is 1. The summed E-state index contributed by atoms with van der Waals surface area (Å²) in [5.41, 5.74) is 9.03. The molecule has 0 bridgehead atoms. The molecule has 0 aliphatic carbocycles. The minimum absolute atomic E-state index is 0.0418. The Morgan fingerprint density at radius 1 is 1.04 bits per heavy atom. The molecular weight excluding hydrogens is 741 g/mol. The van der Waals surface area contributed by atoms with Crippen molar-refractivity contribution >= 4 is 62.6 Å². The van der Waals surface area contributed by atoms with Crippen LogP contribution >= 0.6 is 23.2 Å². The van der Waals surface area contributed by atoms with Gasteiger partial charge in [-0.1, -0.05) is 46.6 Å². The molecule has 1 atom stereocenters. The van der Waals surface area contributed by atoms with Gasteiger partial charge in [0.15, 0.2) is 5.82 Å². The summed E-state index contributed by atoms with van der Waals surface area (Å²) in [4.78, 5) is 33.7. The maximum absolute atomic E-state index is 15.2. The van der Waals surface area contributed by atoms with Gasteiger partial charge in [0.25, 0.3) is 5.91 Å². The minimum Gasteiger partial charge on any atom is -0.494 e. The van der Waals surface area contributed by atoms with E-state index in [4.69, 9.17) is 37.6 Å². The lowest BCUT2D eigenvalue weighted by Gasteiger charge is -2.35. The van der Waals surface area contributed by atoms with Crippen molar-refractivity contribution in [3.05, 3.63) is 110 Å². The fraction of sp³-hybridized carbons (Fsp3) is 0.293. The molecule has 1 aliphatic rings. The maximum Gasteiger partial charge on any atom is 0.352 e. The van der Waals surface area contributed by atoms with Gasteiger partial charge in [-0.15, -0.1) is 0 Å². The fourth-order valence-electron chi connectivity index (χ4n) is 8.20. The Balaban J connectivity index is 1.28. The second-order valence-corrected chi connectivity index (χ2v) is 15.0. The molecule has 1 N–H and O–H groups in total. The highest BCUT2D eigenvalue weighted by Gasteiger charge is 2.38. The van der Waals surface area contributed by atoms with E-state index in [-0.39, 0.29) is 24.2 Å². The molecule has 0 saturated heterocycles. The first-order valence-corrected chi connectivity index (χ1v) is 18.8. The number of hydrogen-bond acceptors (Lipinski definition) is 7. The number of amides is 1. The Bertz CT molecular complexity index is 2650. The standard InChI is InChI=1S/C41H39Cl2N7O5/c1-21-15-27(16-22(2)36(21)43)54-14-8-10-28-29-12-13-30(42)35(34-24(4)45-47(6)25(34)5)38(29)50-23(3)18-49(40(51)39(28)50)31-11-7-9-26-17-32(41(52)53)48(37(26)31)19-33-44-20-55-46-33/h7,9,11-13,15-17,20,23H,8,10,14,18-19H2,1-6H3,(H,52,53)/t23-/m1/s1. The van der Waals surface area contributed by atoms with Crippen LogP contribution < -0.4 is 9.64 Å². The van der Waals surface area contributed by atoms with Crippen molar-refractivity contribution in [2.45, 2.75) is 60.0 Å². The van der Waals surface area contributed by atoms with Crippen molar-refractivity contribution in [3.8, 4) is 16.9 Å². The van der Waals surface area contributed by atoms with Gasteiger partial charge in [0.2, 0.25) is 6.39 Å². The normalized spacial score (nSPS) is 14.4. The third-order valence-corrected chi connectivity index (χ3v) is 11.6. The number of carboxylic acid groups (broad SMARTS) is 1. The predicted molar refractivity (Wildman–Crippen MR) is 212 cm³/mol. The topological polar surface area (TPSA) is 133 Å². The van der Waals surface area contributed by atoms with Gasteiger partial charge in [0.1, 0.15) is 17.1 Å². The van der Waals surface area contributed by atoms with Crippen LogP contribution in [0.3, 0.4) is 0 Å². The van der Waals surface area contributed by atoms with Crippen molar-refractivity contribution in [1.82, 2.24) is 29.1 Å². The molecule has 0 unspecified atom stereocenters. The molecule has 0 radical (unpaired) electrons. The number of hydrogen-bond donors (Lipinski definition) is 1. The van der Waals surface area contributed by atoms with Gasteiger partial charge in [-0.3, -0.25) is 9.48 Å². The number of anilines is 1. The fourth-order valence-corrected chi connectivity index (χ4v) is 8.56. The first-order chi connectivity index (χ1) is 26.3. The molecule has 3 aromatic carbocycles. The number of aromatic nitrogens is 6. The molecule has 55 heavy (non-hydrogen) atoms. The third kappa shape index (κ3) is 6.04. The molecule has 1 aliphatic heterocycles. The third-order valence-electron chi connectivity index (χ3n) is 10.7. The second kappa shape index (κ2) is 13.9. The highest BCUT2D eigenvalue weighted by atomic mass is 35.5. The molecule has 0 saturated carbocycles. The van der Waals surface area contributed by atoms with E-state index < -0.39 is 5.97 Å². The lowest BCUT2D eigenvalue weighted by Crippen LogP contribution is -2.43. The van der Waals surface area contributed by atoms with Crippen molar-refractivity contribution in [2.24, 2.45) is 7.05 Å². The number of aryl methyl sites for hydroxylation is 5. The van der Waals surface area contributed by atoms with Crippen molar-refractivity contribution in [1.29, 1.82) is 0 Å². The zero-order valence-electron chi connectivity index (χ0n) is 31.3. The van der Waals surface area contributed by atoms with E-state index in [1.54, 1.807) is 15.5 Å². The van der Waals surface area contributed by atoms with Crippen LogP contribution in [0, 0.1) is 27.7 Å². The summed E-state index contributed by atoms with van der Waals surface area (Å²) >= 11 is 13.5. The van der Waals surface area contributed by atoms with Gasteiger partial charge in [-0.05, 0) is 94.5 Å². The van der Waals surface area contributed by atoms with Crippen molar-refractivity contribution in [3.63, 3.8) is 0 Å². The summed E-state index contributed by atoms with van der Waals surface area (Å²) in [6, 6.07) is 14.7. The molecule has 4 aromatic heterocycles. The molecule has 14 heteroatoms. The predicted octanol–water partition coefficient (Wildman–Crippen LogP) is 8.90. The zero-order chi connectivity index (χ0) is 38.9. The average Bonchev–Trinajstić information content (AvgIpc) is 3.93. The van der Waals surface area contributed by atoms with Crippen LogP contribution in [-0.4, -0.2) is 59.2 Å². The Hall–Kier alpha value is -5.59. The van der Waals surface area contributed by atoms with Crippen LogP contribution in [0.25, 0.3) is 32.9 Å². The van der Waals surface area contributed by atoms with Crippen LogP contribution in [0.2, 0.25) is 10.0 Å². The van der Waals surface area contributed by atoms with E-state index >= 15 is 4.79 Å². The molecule has 0 fully saturated rings. The Labute approximate surface area is 326 Å². The Morgan fingerprint density at radius 3 is 2.47 bits per heavy atom. The number of rotatable bonds is 10. The highest BCUT2D eigenvalue weighted by Crippen LogP contribution is 2.46. The van der Waals surface area contributed by atoms with E-state index in [0.29, 0.717) is 59.1 Å². The largest absolute Gasteiger partial charge is 0.494 e. The average molecular weight is 781 g/mol. The van der Waals surface area contributed by atoms with E-state index in [9.17, 15) is 9.90 Å². The SMILES string of the molecule is Cc1cc(OCCCc2c3n(c4c(-c5c(C)nn(C)c5C)c(Cl)ccc24)[C@H](C)CN(c2cccc4cc(C(=O)O)n(Cc5ncon5)c24)C3=O)cc(C)c1Cl. The highest BCUT2D eigenvalue weighted by molar-refractivity contribution is 6.35. The summed E-state index contributed by atoms with van der Waals surface area (Å²) < 4.78 is 16.8. The number of carboxylic acids is 1. The smallest absolute Gasteiger partial charge is 0.352 e. The van der Waals surface area contributed by atoms with Crippen molar-refractivity contribution < 1.29 is 24.0 Å². The number of halogens is 2. The lowest BCUT2D eigenvalue weighted by atomic mass is 9.98. The van der Waals surface area contributed by atoms with E-state index in [1.165, 1.54) is 6.39 Å². The van der Waals surface area contributed by atoms with Crippen LogP contribution in [0.1, 0.15) is 74.3 Å². The number of benzene rings is 3. The number of para-hydroxylation sites is 1. The molecule has 282 valence electrons. The molecule has 1 amide bonds. The first-order valence-electron chi connectivity index (χ1n) is 18.0. The number of carbonyl (C=O) groups is 2.